The minimum Gasteiger partial charge on any atom is -0.444 e. The molecule has 19 heavy (non-hydrogen) atoms. The van der Waals surface area contributed by atoms with E-state index in [2.05, 4.69) is 26.1 Å². The van der Waals surface area contributed by atoms with Gasteiger partial charge < -0.3 is 10.1 Å². The summed E-state index contributed by atoms with van der Waals surface area (Å²) in [5.41, 5.74) is 0.516. The summed E-state index contributed by atoms with van der Waals surface area (Å²) in [6.07, 6.45) is -0.378. The monoisotopic (exact) mass is 263 g/mol. The molecule has 1 unspecified atom stereocenters. The largest absolute Gasteiger partial charge is 0.444 e. The lowest BCUT2D eigenvalue weighted by atomic mass is 9.82. The van der Waals surface area contributed by atoms with Gasteiger partial charge in [-0.25, -0.2) is 4.79 Å². The number of carbonyl (C=O) groups excluding carboxylic acids is 1. The molecule has 0 saturated heterocycles. The maximum Gasteiger partial charge on any atom is 0.408 e. The third-order valence-electron chi connectivity index (χ3n) is 2.66. The van der Waals surface area contributed by atoms with Crippen LogP contribution in [0.25, 0.3) is 0 Å². The van der Waals surface area contributed by atoms with E-state index in [0.29, 0.717) is 0 Å². The van der Waals surface area contributed by atoms with Gasteiger partial charge in [-0.1, -0.05) is 51.1 Å². The van der Waals surface area contributed by atoms with Crippen molar-refractivity contribution in [3.63, 3.8) is 0 Å². The second-order valence-corrected chi connectivity index (χ2v) is 6.86. The van der Waals surface area contributed by atoms with Gasteiger partial charge in [-0.3, -0.25) is 0 Å². The third-order valence-corrected chi connectivity index (χ3v) is 2.66. The molecule has 0 bridgehead atoms. The highest BCUT2D eigenvalue weighted by Crippen LogP contribution is 2.32. The molecule has 1 aromatic rings. The van der Waals surface area contributed by atoms with Gasteiger partial charge in [0.1, 0.15) is 5.60 Å². The number of rotatable bonds is 2. The molecule has 0 aromatic heterocycles. The predicted molar refractivity (Wildman–Crippen MR) is 78.0 cm³/mol. The number of carbonyl (C=O) groups is 1. The molecule has 0 spiro atoms. The van der Waals surface area contributed by atoms with Gasteiger partial charge in [-0.05, 0) is 31.7 Å². The van der Waals surface area contributed by atoms with E-state index in [1.165, 1.54) is 0 Å². The van der Waals surface area contributed by atoms with E-state index >= 15 is 0 Å². The number of alkyl carbamates (subject to hydrolysis) is 1. The Labute approximate surface area is 116 Å². The summed E-state index contributed by atoms with van der Waals surface area (Å²) in [6, 6.07) is 9.89. The Kier molecular flexibility index (Phi) is 4.61. The average Bonchev–Trinajstić information content (AvgIpc) is 2.23. The topological polar surface area (TPSA) is 38.3 Å². The molecule has 1 aromatic carbocycles. The molecule has 0 aliphatic carbocycles. The van der Waals surface area contributed by atoms with E-state index in [1.54, 1.807) is 0 Å². The van der Waals surface area contributed by atoms with Crippen LogP contribution in [0, 0.1) is 5.41 Å². The zero-order chi connectivity index (χ0) is 14.7. The van der Waals surface area contributed by atoms with E-state index < -0.39 is 5.60 Å². The number of ether oxygens (including phenoxy) is 1. The maximum absolute atomic E-state index is 12.0. The van der Waals surface area contributed by atoms with Crippen molar-refractivity contribution in [2.45, 2.75) is 53.2 Å². The van der Waals surface area contributed by atoms with Gasteiger partial charge in [0.2, 0.25) is 0 Å². The first-order chi connectivity index (χ1) is 8.59. The van der Waals surface area contributed by atoms with Crippen molar-refractivity contribution >= 4 is 6.09 Å². The molecule has 3 nitrogen and oxygen atoms in total. The number of amides is 1. The normalized spacial score (nSPS) is 13.8. The van der Waals surface area contributed by atoms with Crippen molar-refractivity contribution in [1.82, 2.24) is 5.32 Å². The van der Waals surface area contributed by atoms with Gasteiger partial charge in [-0.2, -0.15) is 0 Å². The Morgan fingerprint density at radius 1 is 1.05 bits per heavy atom. The fraction of sp³-hybridized carbons (Fsp3) is 0.562. The lowest BCUT2D eigenvalue weighted by Crippen LogP contribution is -2.39. The SMILES string of the molecule is CC(C)(C)OC(=O)NC(c1ccccc1)C(C)(C)C. The fourth-order valence-corrected chi connectivity index (χ4v) is 1.87. The minimum atomic E-state index is -0.483. The highest BCUT2D eigenvalue weighted by atomic mass is 16.6. The van der Waals surface area contributed by atoms with E-state index in [4.69, 9.17) is 4.74 Å². The second kappa shape index (κ2) is 5.64. The number of hydrogen-bond acceptors (Lipinski definition) is 2. The fourth-order valence-electron chi connectivity index (χ4n) is 1.87. The van der Waals surface area contributed by atoms with Crippen LogP contribution in [0.15, 0.2) is 30.3 Å². The van der Waals surface area contributed by atoms with Gasteiger partial charge in [0.25, 0.3) is 0 Å². The van der Waals surface area contributed by atoms with Gasteiger partial charge in [0.05, 0.1) is 6.04 Å². The van der Waals surface area contributed by atoms with Crippen LogP contribution in [0.3, 0.4) is 0 Å². The molecule has 0 aliphatic rings. The standard InChI is InChI=1S/C16H25NO2/c1-15(2,3)13(12-10-8-7-9-11-12)17-14(18)19-16(4,5)6/h7-11,13H,1-6H3,(H,17,18). The van der Waals surface area contributed by atoms with Gasteiger partial charge in [0.15, 0.2) is 0 Å². The van der Waals surface area contributed by atoms with Gasteiger partial charge in [0, 0.05) is 0 Å². The lowest BCUT2D eigenvalue weighted by molar-refractivity contribution is 0.0462. The van der Waals surface area contributed by atoms with Crippen LogP contribution in [0.1, 0.15) is 53.1 Å². The zero-order valence-electron chi connectivity index (χ0n) is 12.8. The molecular formula is C16H25NO2. The van der Waals surface area contributed by atoms with Crippen LogP contribution in [-0.2, 0) is 4.74 Å². The molecule has 0 heterocycles. The average molecular weight is 263 g/mol. The molecule has 106 valence electrons. The molecule has 1 N–H and O–H groups in total. The highest BCUT2D eigenvalue weighted by Gasteiger charge is 2.29. The molecule has 1 rings (SSSR count). The summed E-state index contributed by atoms with van der Waals surface area (Å²) >= 11 is 0. The first-order valence-corrected chi connectivity index (χ1v) is 6.64. The molecule has 0 radical (unpaired) electrons. The first-order valence-electron chi connectivity index (χ1n) is 6.64. The quantitative estimate of drug-likeness (QED) is 0.864. The van der Waals surface area contributed by atoms with Crippen LogP contribution in [0.2, 0.25) is 0 Å². The lowest BCUT2D eigenvalue weighted by Gasteiger charge is -2.32. The van der Waals surface area contributed by atoms with Gasteiger partial charge in [-0.15, -0.1) is 0 Å². The van der Waals surface area contributed by atoms with Crippen LogP contribution in [0.4, 0.5) is 4.79 Å². The molecular weight excluding hydrogens is 238 g/mol. The van der Waals surface area contributed by atoms with Crippen LogP contribution >= 0.6 is 0 Å². The van der Waals surface area contributed by atoms with E-state index in [1.807, 2.05) is 51.1 Å². The number of nitrogens with one attached hydrogen (secondary N) is 1. The van der Waals surface area contributed by atoms with Crippen molar-refractivity contribution in [2.24, 2.45) is 5.41 Å². The van der Waals surface area contributed by atoms with Crippen LogP contribution < -0.4 is 5.32 Å². The Hall–Kier alpha value is -1.51. The first kappa shape index (κ1) is 15.5. The molecule has 3 heteroatoms. The maximum atomic E-state index is 12.0. The van der Waals surface area contributed by atoms with Crippen molar-refractivity contribution in [3.8, 4) is 0 Å². The van der Waals surface area contributed by atoms with E-state index in [0.717, 1.165) is 5.56 Å². The van der Waals surface area contributed by atoms with Crippen molar-refractivity contribution in [2.75, 3.05) is 0 Å². The van der Waals surface area contributed by atoms with E-state index in [9.17, 15) is 4.79 Å². The number of benzene rings is 1. The van der Waals surface area contributed by atoms with Crippen LogP contribution in [-0.4, -0.2) is 11.7 Å². The summed E-state index contributed by atoms with van der Waals surface area (Å²) < 4.78 is 5.33. The number of hydrogen-bond donors (Lipinski definition) is 1. The highest BCUT2D eigenvalue weighted by molar-refractivity contribution is 5.68. The summed E-state index contributed by atoms with van der Waals surface area (Å²) in [5.74, 6) is 0. The summed E-state index contributed by atoms with van der Waals surface area (Å²) in [6.45, 7) is 11.9. The Morgan fingerprint density at radius 2 is 1.58 bits per heavy atom. The van der Waals surface area contributed by atoms with Gasteiger partial charge >= 0.3 is 6.09 Å². The zero-order valence-corrected chi connectivity index (χ0v) is 12.8. The predicted octanol–water partition coefficient (Wildman–Crippen LogP) is 4.30. The molecule has 0 fully saturated rings. The summed E-state index contributed by atoms with van der Waals surface area (Å²) in [7, 11) is 0. The summed E-state index contributed by atoms with van der Waals surface area (Å²) in [4.78, 5) is 12.0. The third kappa shape index (κ3) is 5.33. The summed E-state index contributed by atoms with van der Waals surface area (Å²) in [5, 5.41) is 2.97. The minimum absolute atomic E-state index is 0.0800. The Balaban J connectivity index is 2.87. The van der Waals surface area contributed by atoms with Crippen molar-refractivity contribution in [1.29, 1.82) is 0 Å². The van der Waals surface area contributed by atoms with E-state index in [-0.39, 0.29) is 17.6 Å². The smallest absolute Gasteiger partial charge is 0.408 e. The molecule has 1 atom stereocenters. The van der Waals surface area contributed by atoms with Crippen LogP contribution in [0.5, 0.6) is 0 Å². The molecule has 1 amide bonds. The van der Waals surface area contributed by atoms with Crippen molar-refractivity contribution in [3.05, 3.63) is 35.9 Å². The molecule has 0 aliphatic heterocycles. The molecule has 0 saturated carbocycles. The Bertz CT molecular complexity index is 413. The van der Waals surface area contributed by atoms with Crippen molar-refractivity contribution < 1.29 is 9.53 Å². The Morgan fingerprint density at radius 3 is 2.00 bits per heavy atom. The second-order valence-electron chi connectivity index (χ2n) is 6.86.